The molecule has 4 saturated heterocycles. The third kappa shape index (κ3) is 8.81. The van der Waals surface area contributed by atoms with Crippen molar-refractivity contribution in [3.05, 3.63) is 114 Å². The standard InChI is InChI=1S/C52H51F2N9O7/c53-31-4-6-32(7-5-31)56-50(68)52(17-18-52)51(69)57-33-8-10-36(11-9-33)70-45-14-19-55-42-24-44(40(54)23-38(42)45)60-20-15-30(16-21-60)25-61-26-35-22-34(61)27-62(35)29-47(65)58-41-3-1-2-37-39(41)28-63(49(37)67)43-12-13-46(64)59-48(43)66/h1-11,14,19,23-24,30,34-35,43H,12-13,15-18,20-22,25-29H2,(H,56,68)(H,57,69)(H,58,65)(H,59,64,66)/t34-,35-,43?/m0/s1. The number of hydrogen-bond donors (Lipinski definition) is 4. The number of halogens is 2. The Kier molecular flexibility index (Phi) is 11.7. The van der Waals surface area contributed by atoms with Crippen LogP contribution < -0.4 is 30.9 Å². The number of pyridine rings is 1. The first-order chi connectivity index (χ1) is 33.9. The summed E-state index contributed by atoms with van der Waals surface area (Å²) >= 11 is 0. The fourth-order valence-electron chi connectivity index (χ4n) is 10.9. The van der Waals surface area contributed by atoms with Crippen molar-refractivity contribution >= 4 is 69.1 Å². The summed E-state index contributed by atoms with van der Waals surface area (Å²) in [5.41, 5.74) is 2.48. The number of piperidine rings is 2. The quantitative estimate of drug-likeness (QED) is 0.0798. The van der Waals surface area contributed by atoms with Crippen molar-refractivity contribution in [2.24, 2.45) is 11.3 Å². The number of fused-ring (bicyclic) bond motifs is 4. The lowest BCUT2D eigenvalue weighted by Gasteiger charge is -2.39. The first-order valence-corrected chi connectivity index (χ1v) is 23.9. The van der Waals surface area contributed by atoms with E-state index in [0.29, 0.717) is 94.2 Å². The molecule has 3 atom stereocenters. The number of benzene rings is 4. The number of ether oxygens (including phenoxy) is 1. The van der Waals surface area contributed by atoms with Gasteiger partial charge in [-0.1, -0.05) is 6.07 Å². The van der Waals surface area contributed by atoms with Gasteiger partial charge in [-0.25, -0.2) is 8.78 Å². The van der Waals surface area contributed by atoms with Crippen LogP contribution in [0.3, 0.4) is 0 Å². The molecule has 11 rings (SSSR count). The molecule has 18 heteroatoms. The van der Waals surface area contributed by atoms with E-state index in [9.17, 15) is 33.2 Å². The Labute approximate surface area is 401 Å². The molecular formula is C52H51F2N9O7. The van der Waals surface area contributed by atoms with Crippen molar-refractivity contribution in [2.45, 2.75) is 69.6 Å². The zero-order valence-corrected chi connectivity index (χ0v) is 38.2. The van der Waals surface area contributed by atoms with Gasteiger partial charge in [0, 0.05) is 97.5 Å². The summed E-state index contributed by atoms with van der Waals surface area (Å²) < 4.78 is 35.5. The summed E-state index contributed by atoms with van der Waals surface area (Å²) in [5, 5.41) is 11.4. The second-order valence-corrected chi connectivity index (χ2v) is 19.4. The molecule has 5 aliphatic heterocycles. The Morgan fingerprint density at radius 2 is 1.51 bits per heavy atom. The van der Waals surface area contributed by atoms with Crippen LogP contribution in [0.2, 0.25) is 0 Å². The Morgan fingerprint density at radius 1 is 0.814 bits per heavy atom. The minimum absolute atomic E-state index is 0.153. The van der Waals surface area contributed by atoms with E-state index in [4.69, 9.17) is 4.74 Å². The first-order valence-electron chi connectivity index (χ1n) is 23.9. The van der Waals surface area contributed by atoms with Crippen LogP contribution >= 0.6 is 0 Å². The largest absolute Gasteiger partial charge is 0.457 e. The van der Waals surface area contributed by atoms with Gasteiger partial charge in [0.2, 0.25) is 29.5 Å². The van der Waals surface area contributed by atoms with Crippen molar-refractivity contribution < 1.29 is 42.3 Å². The van der Waals surface area contributed by atoms with Gasteiger partial charge in [-0.05, 0) is 123 Å². The number of likely N-dealkylation sites (tertiary alicyclic amines) is 2. The van der Waals surface area contributed by atoms with Gasteiger partial charge in [0.25, 0.3) is 5.91 Å². The minimum Gasteiger partial charge on any atom is -0.457 e. The monoisotopic (exact) mass is 951 g/mol. The van der Waals surface area contributed by atoms with Crippen LogP contribution in [-0.2, 0) is 30.5 Å². The SMILES string of the molecule is O=C1CCC(N2Cc3c(NC(=O)CN4C[C@@H]5C[C@H]4CN5CC4CCN(c5cc6nccc(Oc7ccc(NC(=O)C8(C(=O)Nc9ccc(F)cc9)CC8)cc7)c6cc5F)CC4)cccc3C2=O)C(=O)N1. The summed E-state index contributed by atoms with van der Waals surface area (Å²) in [5.74, 6) is -1.56. The number of aromatic nitrogens is 1. The zero-order chi connectivity index (χ0) is 48.3. The van der Waals surface area contributed by atoms with Crippen molar-refractivity contribution in [3.8, 4) is 11.5 Å². The second-order valence-electron chi connectivity index (χ2n) is 19.4. The van der Waals surface area contributed by atoms with Crippen molar-refractivity contribution in [1.82, 2.24) is 25.0 Å². The Hall–Kier alpha value is -7.31. The Bertz CT molecular complexity index is 2940. The lowest BCUT2D eigenvalue weighted by atomic mass is 9.95. The number of amides is 6. The van der Waals surface area contributed by atoms with Gasteiger partial charge in [0.15, 0.2) is 0 Å². The number of nitrogens with zero attached hydrogens (tertiary/aromatic N) is 5. The molecule has 360 valence electrons. The fraction of sp³-hybridized carbons (Fsp3) is 0.365. The van der Waals surface area contributed by atoms with Gasteiger partial charge >= 0.3 is 0 Å². The van der Waals surface area contributed by atoms with Gasteiger partial charge in [0.05, 0.1) is 17.7 Å². The van der Waals surface area contributed by atoms with Crippen molar-refractivity contribution in [2.75, 3.05) is 60.1 Å². The van der Waals surface area contributed by atoms with Gasteiger partial charge < -0.3 is 30.5 Å². The third-order valence-corrected chi connectivity index (χ3v) is 14.9. The molecule has 6 aliphatic rings. The number of imide groups is 1. The van der Waals surface area contributed by atoms with Crippen LogP contribution in [0.4, 0.5) is 31.5 Å². The molecule has 1 saturated carbocycles. The van der Waals surface area contributed by atoms with E-state index in [-0.39, 0.29) is 55.5 Å². The highest BCUT2D eigenvalue weighted by molar-refractivity contribution is 6.17. The summed E-state index contributed by atoms with van der Waals surface area (Å²) in [6.07, 6.45) is 5.69. The van der Waals surface area contributed by atoms with E-state index in [0.717, 1.165) is 38.9 Å². The molecule has 4 N–H and O–H groups in total. The van der Waals surface area contributed by atoms with E-state index >= 15 is 4.39 Å². The molecule has 6 heterocycles. The highest BCUT2D eigenvalue weighted by atomic mass is 19.1. The lowest BCUT2D eigenvalue weighted by Crippen LogP contribution is -2.52. The predicted octanol–water partition coefficient (Wildman–Crippen LogP) is 6.04. The van der Waals surface area contributed by atoms with E-state index in [1.807, 2.05) is 0 Å². The maximum atomic E-state index is 16.0. The van der Waals surface area contributed by atoms with Crippen LogP contribution in [0.5, 0.6) is 11.5 Å². The number of anilines is 4. The van der Waals surface area contributed by atoms with Gasteiger partial charge in [0.1, 0.15) is 34.6 Å². The average Bonchev–Trinajstić information content (AvgIpc) is 3.81. The topological polar surface area (TPSA) is 186 Å². The number of rotatable bonds is 13. The second kappa shape index (κ2) is 18.2. The molecule has 2 bridgehead atoms. The number of nitrogens with one attached hydrogen (secondary N) is 4. The molecule has 5 aromatic rings. The Morgan fingerprint density at radius 3 is 2.20 bits per heavy atom. The summed E-state index contributed by atoms with van der Waals surface area (Å²) in [4.78, 5) is 90.0. The maximum Gasteiger partial charge on any atom is 0.255 e. The Balaban J connectivity index is 0.645. The van der Waals surface area contributed by atoms with E-state index in [1.165, 1.54) is 35.2 Å². The maximum absolute atomic E-state index is 16.0. The zero-order valence-electron chi connectivity index (χ0n) is 38.2. The van der Waals surface area contributed by atoms with Crippen LogP contribution in [0, 0.1) is 23.0 Å². The molecule has 0 radical (unpaired) electrons. The molecule has 4 aromatic carbocycles. The van der Waals surface area contributed by atoms with E-state index in [2.05, 4.69) is 41.0 Å². The predicted molar refractivity (Wildman–Crippen MR) is 255 cm³/mol. The van der Waals surface area contributed by atoms with Crippen LogP contribution in [0.1, 0.15) is 60.9 Å². The molecule has 70 heavy (non-hydrogen) atoms. The molecule has 6 amide bonds. The molecule has 1 aromatic heterocycles. The summed E-state index contributed by atoms with van der Waals surface area (Å²) in [6, 6.07) is 22.1. The normalized spacial score (nSPS) is 22.0. The molecule has 1 unspecified atom stereocenters. The minimum atomic E-state index is -1.20. The van der Waals surface area contributed by atoms with Gasteiger partial charge in [-0.2, -0.15) is 0 Å². The summed E-state index contributed by atoms with van der Waals surface area (Å²) in [7, 11) is 0. The highest BCUT2D eigenvalue weighted by Crippen LogP contribution is 2.48. The van der Waals surface area contributed by atoms with E-state index < -0.39 is 35.0 Å². The van der Waals surface area contributed by atoms with Gasteiger partial charge in [-0.15, -0.1) is 0 Å². The van der Waals surface area contributed by atoms with Crippen molar-refractivity contribution in [3.63, 3.8) is 0 Å². The molecular weight excluding hydrogens is 901 g/mol. The fourth-order valence-corrected chi connectivity index (χ4v) is 10.9. The van der Waals surface area contributed by atoms with Crippen LogP contribution in [0.15, 0.2) is 91.1 Å². The van der Waals surface area contributed by atoms with Crippen LogP contribution in [0.25, 0.3) is 10.9 Å². The highest BCUT2D eigenvalue weighted by Gasteiger charge is 2.56. The third-order valence-electron chi connectivity index (χ3n) is 14.9. The van der Waals surface area contributed by atoms with Gasteiger partial charge in [-0.3, -0.25) is 48.9 Å². The number of carbonyl (C=O) groups excluding carboxylic acids is 6. The first kappa shape index (κ1) is 45.2. The summed E-state index contributed by atoms with van der Waals surface area (Å²) in [6.45, 7) is 4.47. The molecule has 5 fully saturated rings. The molecule has 1 aliphatic carbocycles. The van der Waals surface area contributed by atoms with E-state index in [1.54, 1.807) is 60.8 Å². The molecule has 0 spiro atoms. The molecule has 16 nitrogen and oxygen atoms in total. The number of hydrogen-bond acceptors (Lipinski definition) is 11. The average molecular weight is 952 g/mol. The van der Waals surface area contributed by atoms with Crippen LogP contribution in [-0.4, -0.2) is 113 Å². The number of carbonyl (C=O) groups is 6. The smallest absolute Gasteiger partial charge is 0.255 e. The van der Waals surface area contributed by atoms with Crippen molar-refractivity contribution in [1.29, 1.82) is 0 Å². The number of piperazine rings is 1. The lowest BCUT2D eigenvalue weighted by molar-refractivity contribution is -0.137.